The predicted molar refractivity (Wildman–Crippen MR) is 131 cm³/mol. The topological polar surface area (TPSA) is 93.5 Å². The second-order valence-corrected chi connectivity index (χ2v) is 10.4. The van der Waals surface area contributed by atoms with Crippen molar-refractivity contribution < 1.29 is 14.3 Å². The quantitative estimate of drug-likeness (QED) is 0.495. The van der Waals surface area contributed by atoms with Crippen LogP contribution >= 0.6 is 11.8 Å². The first-order valence-electron chi connectivity index (χ1n) is 12.1. The van der Waals surface area contributed by atoms with E-state index in [9.17, 15) is 9.59 Å². The van der Waals surface area contributed by atoms with E-state index in [1.54, 1.807) is 18.9 Å². The van der Waals surface area contributed by atoms with Crippen molar-refractivity contribution in [1.82, 2.24) is 10.6 Å². The molecule has 2 fully saturated rings. The van der Waals surface area contributed by atoms with Gasteiger partial charge in [-0.2, -0.15) is 11.8 Å². The van der Waals surface area contributed by atoms with Gasteiger partial charge in [-0.25, -0.2) is 0 Å². The molecule has 1 aromatic rings. The minimum absolute atomic E-state index is 0.000219. The van der Waals surface area contributed by atoms with Gasteiger partial charge in [0.15, 0.2) is 0 Å². The largest absolute Gasteiger partial charge is 0.497 e. The Labute approximate surface area is 196 Å². The van der Waals surface area contributed by atoms with E-state index >= 15 is 0 Å². The third-order valence-electron chi connectivity index (χ3n) is 6.76. The van der Waals surface area contributed by atoms with E-state index in [0.717, 1.165) is 48.7 Å². The molecule has 0 bridgehead atoms. The highest BCUT2D eigenvalue weighted by atomic mass is 32.2. The van der Waals surface area contributed by atoms with E-state index < -0.39 is 6.04 Å². The summed E-state index contributed by atoms with van der Waals surface area (Å²) < 4.78 is 5.19. The molecule has 0 heterocycles. The molecule has 1 atom stereocenters. The van der Waals surface area contributed by atoms with E-state index in [1.165, 1.54) is 32.1 Å². The molecule has 0 saturated heterocycles. The highest BCUT2D eigenvalue weighted by Crippen LogP contribution is 2.27. The van der Waals surface area contributed by atoms with E-state index in [2.05, 4.69) is 10.6 Å². The van der Waals surface area contributed by atoms with E-state index in [-0.39, 0.29) is 23.8 Å². The van der Waals surface area contributed by atoms with Crippen molar-refractivity contribution in [3.8, 4) is 5.75 Å². The first kappa shape index (κ1) is 24.9. The number of carbonyl (C=O) groups excluding carboxylic acids is 2. The van der Waals surface area contributed by atoms with Crippen molar-refractivity contribution in [3.63, 3.8) is 0 Å². The second kappa shape index (κ2) is 13.1. The van der Waals surface area contributed by atoms with Crippen LogP contribution < -0.4 is 21.1 Å². The maximum absolute atomic E-state index is 13.0. The molecule has 3 rings (SSSR count). The summed E-state index contributed by atoms with van der Waals surface area (Å²) in [6, 6.07) is 7.34. The number of nitrogens with one attached hydrogen (secondary N) is 2. The standard InChI is InChI=1S/C25H39N3O3S/c1-31-22-13-7-18(8-14-22)15-27-25(30)23(17-32-16-19-5-3-2-4-6-19)28-24(29)20-9-11-21(26)12-10-20/h7-8,13-14,19-21,23H,2-6,9-12,15-17,26H2,1H3,(H,27,30)(H,28,29). The molecule has 2 aliphatic carbocycles. The Morgan fingerprint density at radius 3 is 2.41 bits per heavy atom. The minimum Gasteiger partial charge on any atom is -0.497 e. The van der Waals surface area contributed by atoms with Gasteiger partial charge in [-0.3, -0.25) is 9.59 Å². The van der Waals surface area contributed by atoms with Crippen LogP contribution in [0.2, 0.25) is 0 Å². The molecule has 2 saturated carbocycles. The van der Waals surface area contributed by atoms with Crippen LogP contribution in [0.4, 0.5) is 0 Å². The smallest absolute Gasteiger partial charge is 0.243 e. The van der Waals surface area contributed by atoms with Crippen LogP contribution in [0.25, 0.3) is 0 Å². The van der Waals surface area contributed by atoms with Crippen molar-refractivity contribution >= 4 is 23.6 Å². The Kier molecular flexibility index (Phi) is 10.2. The zero-order chi connectivity index (χ0) is 22.8. The number of hydrogen-bond donors (Lipinski definition) is 3. The Hall–Kier alpha value is -1.73. The number of hydrogen-bond acceptors (Lipinski definition) is 5. The highest BCUT2D eigenvalue weighted by molar-refractivity contribution is 7.99. The number of nitrogens with two attached hydrogens (primary N) is 1. The van der Waals surface area contributed by atoms with E-state index in [1.807, 2.05) is 24.3 Å². The molecule has 1 unspecified atom stereocenters. The van der Waals surface area contributed by atoms with Gasteiger partial charge in [-0.15, -0.1) is 0 Å². The van der Waals surface area contributed by atoms with Gasteiger partial charge < -0.3 is 21.1 Å². The lowest BCUT2D eigenvalue weighted by Gasteiger charge is -2.27. The number of thioether (sulfide) groups is 1. The van der Waals surface area contributed by atoms with Crippen LogP contribution in [0.1, 0.15) is 63.4 Å². The summed E-state index contributed by atoms with van der Waals surface area (Å²) in [4.78, 5) is 25.9. The van der Waals surface area contributed by atoms with Crippen molar-refractivity contribution in [1.29, 1.82) is 0 Å². The van der Waals surface area contributed by atoms with Gasteiger partial charge in [0.1, 0.15) is 11.8 Å². The van der Waals surface area contributed by atoms with Crippen LogP contribution in [0.15, 0.2) is 24.3 Å². The van der Waals surface area contributed by atoms with Crippen LogP contribution in [-0.2, 0) is 16.1 Å². The van der Waals surface area contributed by atoms with Gasteiger partial charge in [0.05, 0.1) is 7.11 Å². The van der Waals surface area contributed by atoms with Crippen LogP contribution in [-0.4, -0.2) is 42.5 Å². The number of benzene rings is 1. The Morgan fingerprint density at radius 2 is 1.75 bits per heavy atom. The van der Waals surface area contributed by atoms with Crippen molar-refractivity contribution in [2.45, 2.75) is 76.4 Å². The maximum Gasteiger partial charge on any atom is 0.243 e. The average Bonchev–Trinajstić information content (AvgIpc) is 2.83. The highest BCUT2D eigenvalue weighted by Gasteiger charge is 2.28. The summed E-state index contributed by atoms with van der Waals surface area (Å²) in [7, 11) is 1.63. The number of amides is 2. The van der Waals surface area contributed by atoms with Crippen molar-refractivity contribution in [2.75, 3.05) is 18.6 Å². The van der Waals surface area contributed by atoms with Crippen molar-refractivity contribution in [2.24, 2.45) is 17.6 Å². The summed E-state index contributed by atoms with van der Waals surface area (Å²) >= 11 is 1.80. The molecular weight excluding hydrogens is 422 g/mol. The molecule has 0 aromatic heterocycles. The third-order valence-corrected chi connectivity index (χ3v) is 8.04. The molecule has 0 aliphatic heterocycles. The van der Waals surface area contributed by atoms with E-state index in [0.29, 0.717) is 12.3 Å². The van der Waals surface area contributed by atoms with Gasteiger partial charge in [-0.1, -0.05) is 31.4 Å². The Bertz CT molecular complexity index is 714. The molecule has 178 valence electrons. The summed E-state index contributed by atoms with van der Waals surface area (Å²) in [5.41, 5.74) is 6.99. The number of methoxy groups -OCH3 is 1. The normalized spacial score (nSPS) is 22.7. The zero-order valence-electron chi connectivity index (χ0n) is 19.3. The lowest BCUT2D eigenvalue weighted by molar-refractivity contribution is -0.131. The second-order valence-electron chi connectivity index (χ2n) is 9.28. The molecule has 4 N–H and O–H groups in total. The zero-order valence-corrected chi connectivity index (χ0v) is 20.1. The summed E-state index contributed by atoms with van der Waals surface area (Å²) in [6.07, 6.45) is 9.93. The summed E-state index contributed by atoms with van der Waals surface area (Å²) in [5, 5.41) is 6.07. The lowest BCUT2D eigenvalue weighted by atomic mass is 9.86. The predicted octanol–water partition coefficient (Wildman–Crippen LogP) is 3.63. The fourth-order valence-corrected chi connectivity index (χ4v) is 5.89. The summed E-state index contributed by atoms with van der Waals surface area (Å²) in [5.74, 6) is 3.07. The summed E-state index contributed by atoms with van der Waals surface area (Å²) in [6.45, 7) is 0.431. The Balaban J connectivity index is 1.53. The van der Waals surface area contributed by atoms with Crippen molar-refractivity contribution in [3.05, 3.63) is 29.8 Å². The Morgan fingerprint density at radius 1 is 1.06 bits per heavy atom. The first-order chi connectivity index (χ1) is 15.5. The van der Waals surface area contributed by atoms with Crippen LogP contribution in [0, 0.1) is 11.8 Å². The minimum atomic E-state index is -0.509. The molecule has 2 aliphatic rings. The molecule has 1 aromatic carbocycles. The molecule has 2 amide bonds. The van der Waals surface area contributed by atoms with E-state index in [4.69, 9.17) is 10.5 Å². The molecule has 6 nitrogen and oxygen atoms in total. The number of carbonyl (C=O) groups is 2. The van der Waals surface area contributed by atoms with Crippen LogP contribution in [0.3, 0.4) is 0 Å². The van der Waals surface area contributed by atoms with Gasteiger partial charge in [0, 0.05) is 24.3 Å². The molecule has 32 heavy (non-hydrogen) atoms. The fourth-order valence-electron chi connectivity index (χ4n) is 4.62. The first-order valence-corrected chi connectivity index (χ1v) is 13.2. The molecule has 0 spiro atoms. The monoisotopic (exact) mass is 461 g/mol. The third kappa shape index (κ3) is 8.00. The van der Waals surface area contributed by atoms with Gasteiger partial charge >= 0.3 is 0 Å². The van der Waals surface area contributed by atoms with Gasteiger partial charge in [0.2, 0.25) is 11.8 Å². The molecular formula is C25H39N3O3S. The maximum atomic E-state index is 13.0. The fraction of sp³-hybridized carbons (Fsp3) is 0.680. The molecule has 7 heteroatoms. The lowest BCUT2D eigenvalue weighted by Crippen LogP contribution is -2.50. The van der Waals surface area contributed by atoms with Gasteiger partial charge in [-0.05, 0) is 67.9 Å². The average molecular weight is 462 g/mol. The van der Waals surface area contributed by atoms with Gasteiger partial charge in [0.25, 0.3) is 0 Å². The molecule has 0 radical (unpaired) electrons. The number of ether oxygens (including phenoxy) is 1. The van der Waals surface area contributed by atoms with Crippen LogP contribution in [0.5, 0.6) is 5.75 Å². The SMILES string of the molecule is COc1ccc(CNC(=O)C(CSCC2CCCCC2)NC(=O)C2CCC(N)CC2)cc1. The number of rotatable bonds is 10.